The second-order valence-electron chi connectivity index (χ2n) is 8.93. The molecule has 1 amide bonds. The quantitative estimate of drug-likeness (QED) is 0.542. The maximum absolute atomic E-state index is 13.1. The van der Waals surface area contributed by atoms with Crippen LogP contribution >= 0.6 is 22.7 Å². The Morgan fingerprint density at radius 1 is 1.13 bits per heavy atom. The van der Waals surface area contributed by atoms with Crippen molar-refractivity contribution in [1.29, 1.82) is 5.26 Å². The Labute approximate surface area is 191 Å². The third-order valence-electron chi connectivity index (χ3n) is 6.89. The molecule has 3 heterocycles. The van der Waals surface area contributed by atoms with Gasteiger partial charge in [0.05, 0.1) is 16.5 Å². The maximum atomic E-state index is 13.1. The van der Waals surface area contributed by atoms with E-state index in [-0.39, 0.29) is 11.4 Å². The summed E-state index contributed by atoms with van der Waals surface area (Å²) >= 11 is 3.31. The second kappa shape index (κ2) is 8.74. The van der Waals surface area contributed by atoms with Crippen molar-refractivity contribution in [2.45, 2.75) is 57.0 Å². The monoisotopic (exact) mass is 449 g/mol. The zero-order chi connectivity index (χ0) is 21.3. The number of hydrogen-bond donors (Lipinski definition) is 1. The molecule has 31 heavy (non-hydrogen) atoms. The van der Waals surface area contributed by atoms with Crippen LogP contribution in [0.3, 0.4) is 0 Å². The summed E-state index contributed by atoms with van der Waals surface area (Å²) < 4.78 is 2.42. The largest absolute Gasteiger partial charge is 0.346 e. The number of carbonyl (C=O) groups is 1. The zero-order valence-corrected chi connectivity index (χ0v) is 19.3. The van der Waals surface area contributed by atoms with Gasteiger partial charge in [-0.2, -0.15) is 5.26 Å². The molecule has 0 unspecified atom stereocenters. The van der Waals surface area contributed by atoms with Crippen LogP contribution in [0, 0.1) is 11.3 Å². The summed E-state index contributed by atoms with van der Waals surface area (Å²) in [6.07, 6.45) is 7.81. The van der Waals surface area contributed by atoms with Gasteiger partial charge in [-0.25, -0.2) is 0 Å². The normalized spacial score (nSPS) is 18.4. The van der Waals surface area contributed by atoms with Gasteiger partial charge in [0.15, 0.2) is 0 Å². The molecule has 0 atom stereocenters. The van der Waals surface area contributed by atoms with E-state index in [1.165, 1.54) is 39.8 Å². The van der Waals surface area contributed by atoms with Gasteiger partial charge < -0.3 is 5.32 Å². The van der Waals surface area contributed by atoms with E-state index in [1.54, 1.807) is 22.7 Å². The van der Waals surface area contributed by atoms with Crippen molar-refractivity contribution in [1.82, 2.24) is 10.2 Å². The lowest BCUT2D eigenvalue weighted by Crippen LogP contribution is -2.51. The minimum atomic E-state index is -0.0856. The van der Waals surface area contributed by atoms with Crippen LogP contribution in [0.15, 0.2) is 35.7 Å². The lowest BCUT2D eigenvalue weighted by Gasteiger charge is -2.40. The SMILES string of the molecule is N#Cc1ccc2c(c1)CCN(CCC1(NC(=O)c3cc4sccc4s3)CCCCC1)C2. The predicted molar refractivity (Wildman–Crippen MR) is 128 cm³/mol. The van der Waals surface area contributed by atoms with Crippen LogP contribution in [0.25, 0.3) is 9.40 Å². The van der Waals surface area contributed by atoms with Crippen LogP contribution in [-0.2, 0) is 13.0 Å². The molecule has 1 aromatic carbocycles. The molecule has 0 radical (unpaired) electrons. The minimum absolute atomic E-state index is 0.0856. The van der Waals surface area contributed by atoms with Crippen LogP contribution in [0.1, 0.15) is 64.9 Å². The second-order valence-corrected chi connectivity index (χ2v) is 11.0. The number of amides is 1. The molecule has 5 rings (SSSR count). The first-order chi connectivity index (χ1) is 15.1. The molecule has 1 saturated carbocycles. The van der Waals surface area contributed by atoms with E-state index in [2.05, 4.69) is 33.8 Å². The molecule has 160 valence electrons. The number of carbonyl (C=O) groups excluding carboxylic acids is 1. The molecule has 1 fully saturated rings. The van der Waals surface area contributed by atoms with Gasteiger partial charge in [-0.3, -0.25) is 9.69 Å². The molecule has 1 aliphatic heterocycles. The first-order valence-corrected chi connectivity index (χ1v) is 12.9. The fraction of sp³-hybridized carbons (Fsp3) is 0.440. The molecule has 1 N–H and O–H groups in total. The highest BCUT2D eigenvalue weighted by molar-refractivity contribution is 7.27. The molecular formula is C25H27N3OS2. The van der Waals surface area contributed by atoms with E-state index in [0.29, 0.717) is 0 Å². The maximum Gasteiger partial charge on any atom is 0.261 e. The standard InChI is InChI=1S/C25H27N3OS2/c26-16-18-4-5-20-17-28(11-6-19(20)14-18)12-10-25(8-2-1-3-9-25)27-24(29)23-15-22-21(31-23)7-13-30-22/h4-5,7,13-15H,1-3,6,8-12,17H2,(H,27,29). The molecule has 0 saturated heterocycles. The highest BCUT2D eigenvalue weighted by Gasteiger charge is 2.34. The molecule has 2 aliphatic rings. The zero-order valence-electron chi connectivity index (χ0n) is 17.7. The Bertz CT molecular complexity index is 1100. The minimum Gasteiger partial charge on any atom is -0.346 e. The van der Waals surface area contributed by atoms with E-state index in [4.69, 9.17) is 5.26 Å². The Balaban J connectivity index is 1.26. The fourth-order valence-electron chi connectivity index (χ4n) is 5.09. The first-order valence-electron chi connectivity index (χ1n) is 11.2. The number of nitrogens with one attached hydrogen (secondary N) is 1. The van der Waals surface area contributed by atoms with Crippen molar-refractivity contribution in [2.75, 3.05) is 13.1 Å². The summed E-state index contributed by atoms with van der Waals surface area (Å²) in [5.74, 6) is 0.100. The summed E-state index contributed by atoms with van der Waals surface area (Å²) in [6, 6.07) is 12.5. The molecule has 4 nitrogen and oxygen atoms in total. The van der Waals surface area contributed by atoms with Gasteiger partial charge in [-0.15, -0.1) is 22.7 Å². The van der Waals surface area contributed by atoms with Crippen molar-refractivity contribution in [3.63, 3.8) is 0 Å². The first kappa shape index (κ1) is 20.7. The van der Waals surface area contributed by atoms with Gasteiger partial charge in [0.1, 0.15) is 0 Å². The number of benzene rings is 1. The van der Waals surface area contributed by atoms with Crippen molar-refractivity contribution in [3.8, 4) is 6.07 Å². The van der Waals surface area contributed by atoms with Gasteiger partial charge >= 0.3 is 0 Å². The highest BCUT2D eigenvalue weighted by atomic mass is 32.1. The van der Waals surface area contributed by atoms with E-state index in [0.717, 1.165) is 55.8 Å². The highest BCUT2D eigenvalue weighted by Crippen LogP contribution is 2.34. The number of fused-ring (bicyclic) bond motifs is 2. The van der Waals surface area contributed by atoms with Crippen molar-refractivity contribution in [3.05, 3.63) is 57.3 Å². The molecule has 0 spiro atoms. The van der Waals surface area contributed by atoms with E-state index >= 15 is 0 Å². The Kier molecular flexibility index (Phi) is 5.83. The predicted octanol–water partition coefficient (Wildman–Crippen LogP) is 5.72. The molecule has 3 aromatic rings. The lowest BCUT2D eigenvalue weighted by molar-refractivity contribution is 0.0844. The van der Waals surface area contributed by atoms with E-state index in [9.17, 15) is 4.79 Å². The molecule has 0 bridgehead atoms. The summed E-state index contributed by atoms with van der Waals surface area (Å²) in [5.41, 5.74) is 3.32. The summed E-state index contributed by atoms with van der Waals surface area (Å²) in [6.45, 7) is 2.96. The van der Waals surface area contributed by atoms with Gasteiger partial charge in [0.2, 0.25) is 0 Å². The van der Waals surface area contributed by atoms with Crippen molar-refractivity contribution >= 4 is 38.0 Å². The molecular weight excluding hydrogens is 422 g/mol. The molecule has 6 heteroatoms. The van der Waals surface area contributed by atoms with Crippen LogP contribution in [0.4, 0.5) is 0 Å². The van der Waals surface area contributed by atoms with Crippen LogP contribution in [0.2, 0.25) is 0 Å². The van der Waals surface area contributed by atoms with Crippen molar-refractivity contribution in [2.24, 2.45) is 0 Å². The number of hydrogen-bond acceptors (Lipinski definition) is 5. The van der Waals surface area contributed by atoms with Crippen LogP contribution in [-0.4, -0.2) is 29.4 Å². The number of rotatable bonds is 5. The topological polar surface area (TPSA) is 56.1 Å². The van der Waals surface area contributed by atoms with E-state index in [1.807, 2.05) is 18.2 Å². The smallest absolute Gasteiger partial charge is 0.261 e. The van der Waals surface area contributed by atoms with Gasteiger partial charge in [-0.05, 0) is 66.5 Å². The Morgan fingerprint density at radius 2 is 2.00 bits per heavy atom. The van der Waals surface area contributed by atoms with Crippen LogP contribution in [0.5, 0.6) is 0 Å². The number of nitrogens with zero attached hydrogens (tertiary/aromatic N) is 2. The molecule has 1 aliphatic carbocycles. The van der Waals surface area contributed by atoms with Gasteiger partial charge in [0.25, 0.3) is 5.91 Å². The van der Waals surface area contributed by atoms with Gasteiger partial charge in [0, 0.05) is 34.6 Å². The summed E-state index contributed by atoms with van der Waals surface area (Å²) in [7, 11) is 0. The van der Waals surface area contributed by atoms with E-state index < -0.39 is 0 Å². The number of thiophene rings is 2. The average Bonchev–Trinajstić information content (AvgIpc) is 3.40. The third kappa shape index (κ3) is 4.41. The fourth-order valence-corrected chi connectivity index (χ4v) is 7.09. The van der Waals surface area contributed by atoms with Gasteiger partial charge in [-0.1, -0.05) is 25.3 Å². The Hall–Kier alpha value is -2.20. The third-order valence-corrected chi connectivity index (χ3v) is 8.98. The average molecular weight is 450 g/mol. The lowest BCUT2D eigenvalue weighted by atomic mass is 9.79. The number of nitriles is 1. The summed E-state index contributed by atoms with van der Waals surface area (Å²) in [4.78, 5) is 16.5. The Morgan fingerprint density at radius 3 is 2.81 bits per heavy atom. The summed E-state index contributed by atoms with van der Waals surface area (Å²) in [5, 5.41) is 14.7. The molecule has 2 aromatic heterocycles. The van der Waals surface area contributed by atoms with Crippen molar-refractivity contribution < 1.29 is 4.79 Å². The van der Waals surface area contributed by atoms with Crippen LogP contribution < -0.4 is 5.32 Å².